The molecule has 0 aliphatic carbocycles. The van der Waals surface area contributed by atoms with Gasteiger partial charge in [-0.1, -0.05) is 30.3 Å². The fourth-order valence-electron chi connectivity index (χ4n) is 4.27. The van der Waals surface area contributed by atoms with Gasteiger partial charge in [-0.3, -0.25) is 4.79 Å². The lowest BCUT2D eigenvalue weighted by atomic mass is 9.98. The third-order valence-corrected chi connectivity index (χ3v) is 7.08. The quantitative estimate of drug-likeness (QED) is 0.333. The van der Waals surface area contributed by atoms with Crippen molar-refractivity contribution in [2.75, 3.05) is 12.9 Å². The molecule has 2 heterocycles. The molecule has 1 amide bonds. The number of methoxy groups -OCH3 is 1. The lowest BCUT2D eigenvalue weighted by molar-refractivity contribution is -0.130. The summed E-state index contributed by atoms with van der Waals surface area (Å²) in [5.74, 6) is 0.625. The molecule has 7 heteroatoms. The molecule has 34 heavy (non-hydrogen) atoms. The van der Waals surface area contributed by atoms with E-state index in [1.165, 1.54) is 23.9 Å². The van der Waals surface area contributed by atoms with Gasteiger partial charge in [-0.15, -0.1) is 11.8 Å². The van der Waals surface area contributed by atoms with Gasteiger partial charge in [0, 0.05) is 35.5 Å². The Morgan fingerprint density at radius 2 is 1.82 bits per heavy atom. The van der Waals surface area contributed by atoms with Gasteiger partial charge in [-0.2, -0.15) is 5.10 Å². The van der Waals surface area contributed by atoms with Crippen LogP contribution >= 0.6 is 11.8 Å². The van der Waals surface area contributed by atoms with Crippen LogP contribution in [0.2, 0.25) is 0 Å². The Morgan fingerprint density at radius 3 is 2.56 bits per heavy atom. The number of rotatable bonds is 6. The van der Waals surface area contributed by atoms with Crippen molar-refractivity contribution in [1.82, 2.24) is 9.58 Å². The van der Waals surface area contributed by atoms with Crippen LogP contribution in [0.15, 0.2) is 89.0 Å². The fraction of sp³-hybridized carbons (Fsp3) is 0.185. The first kappa shape index (κ1) is 22.2. The number of benzene rings is 3. The van der Waals surface area contributed by atoms with Gasteiger partial charge in [0.05, 0.1) is 24.6 Å². The largest absolute Gasteiger partial charge is 0.497 e. The minimum absolute atomic E-state index is 0.0872. The molecule has 0 fully saturated rings. The summed E-state index contributed by atoms with van der Waals surface area (Å²) in [6, 6.07) is 21.8. The third kappa shape index (κ3) is 4.31. The molecule has 1 aromatic heterocycles. The molecule has 0 saturated heterocycles. The Labute approximate surface area is 201 Å². The van der Waals surface area contributed by atoms with Crippen LogP contribution in [-0.2, 0) is 11.8 Å². The molecule has 0 N–H and O–H groups in total. The van der Waals surface area contributed by atoms with Crippen molar-refractivity contribution >= 4 is 34.3 Å². The van der Waals surface area contributed by atoms with E-state index in [9.17, 15) is 9.18 Å². The molecule has 5 rings (SSSR count). The number of fused-ring (bicyclic) bond motifs is 1. The molecule has 1 aliphatic rings. The maximum atomic E-state index is 13.6. The molecule has 0 radical (unpaired) electrons. The summed E-state index contributed by atoms with van der Waals surface area (Å²) < 4.78 is 20.9. The number of thioether (sulfide) groups is 1. The van der Waals surface area contributed by atoms with Crippen LogP contribution in [0, 0.1) is 5.82 Å². The number of ether oxygens (including phenoxy) is 1. The molecule has 0 spiro atoms. The van der Waals surface area contributed by atoms with Crippen LogP contribution < -0.4 is 4.74 Å². The zero-order valence-electron chi connectivity index (χ0n) is 18.9. The lowest BCUT2D eigenvalue weighted by Gasteiger charge is -2.22. The van der Waals surface area contributed by atoms with Gasteiger partial charge >= 0.3 is 0 Å². The second-order valence-electron chi connectivity index (χ2n) is 8.20. The van der Waals surface area contributed by atoms with Gasteiger partial charge in [-0.05, 0) is 53.6 Å². The van der Waals surface area contributed by atoms with E-state index in [0.29, 0.717) is 6.42 Å². The Bertz CT molecular complexity index is 1360. The van der Waals surface area contributed by atoms with Crippen LogP contribution in [-0.4, -0.2) is 34.1 Å². The summed E-state index contributed by atoms with van der Waals surface area (Å²) >= 11 is 1.51. The second kappa shape index (κ2) is 9.35. The number of carbonyl (C=O) groups excluding carboxylic acids is 1. The molecule has 1 atom stereocenters. The summed E-state index contributed by atoms with van der Waals surface area (Å²) in [5, 5.41) is 7.41. The SMILES string of the molecule is COc1ccc(C2=NN(C(=O)CSc3cn(C)c4ccccc34)C(c3ccc(F)cc3)C2)cc1. The monoisotopic (exact) mass is 473 g/mol. The van der Waals surface area contributed by atoms with Crippen LogP contribution in [0.4, 0.5) is 4.39 Å². The van der Waals surface area contributed by atoms with Crippen molar-refractivity contribution in [3.8, 4) is 5.75 Å². The third-order valence-electron chi connectivity index (χ3n) is 6.06. The van der Waals surface area contributed by atoms with Crippen molar-refractivity contribution in [3.05, 3.63) is 95.9 Å². The Hall–Kier alpha value is -3.58. The van der Waals surface area contributed by atoms with Crippen molar-refractivity contribution < 1.29 is 13.9 Å². The average Bonchev–Trinajstić information content (AvgIpc) is 3.45. The first-order valence-corrected chi connectivity index (χ1v) is 12.0. The molecule has 172 valence electrons. The number of para-hydroxylation sites is 1. The van der Waals surface area contributed by atoms with Gasteiger partial charge in [0.15, 0.2) is 0 Å². The zero-order chi connectivity index (χ0) is 23.7. The summed E-state index contributed by atoms with van der Waals surface area (Å²) in [6.45, 7) is 0. The highest BCUT2D eigenvalue weighted by Gasteiger charge is 2.33. The van der Waals surface area contributed by atoms with E-state index in [1.54, 1.807) is 24.3 Å². The van der Waals surface area contributed by atoms with Gasteiger partial charge in [-0.25, -0.2) is 9.40 Å². The normalized spacial score (nSPS) is 15.6. The van der Waals surface area contributed by atoms with Gasteiger partial charge in [0.2, 0.25) is 0 Å². The molecule has 5 nitrogen and oxygen atoms in total. The molecule has 1 aliphatic heterocycles. The number of aryl methyl sites for hydroxylation is 1. The molecule has 1 unspecified atom stereocenters. The molecule has 0 saturated carbocycles. The van der Waals surface area contributed by atoms with E-state index in [4.69, 9.17) is 9.84 Å². The molecular formula is C27H24FN3O2S. The van der Waals surface area contributed by atoms with Gasteiger partial charge in [0.1, 0.15) is 11.6 Å². The second-order valence-corrected chi connectivity index (χ2v) is 9.21. The number of hydrazone groups is 1. The predicted octanol–water partition coefficient (Wildman–Crippen LogP) is 5.80. The Morgan fingerprint density at radius 1 is 1.09 bits per heavy atom. The first-order valence-electron chi connectivity index (χ1n) is 11.0. The highest BCUT2D eigenvalue weighted by molar-refractivity contribution is 8.00. The molecule has 0 bridgehead atoms. The maximum absolute atomic E-state index is 13.6. The summed E-state index contributed by atoms with van der Waals surface area (Å²) in [4.78, 5) is 14.4. The number of aromatic nitrogens is 1. The van der Waals surface area contributed by atoms with Gasteiger partial charge in [0.25, 0.3) is 5.91 Å². The smallest absolute Gasteiger partial charge is 0.253 e. The van der Waals surface area contributed by atoms with Crippen molar-refractivity contribution in [2.24, 2.45) is 12.1 Å². The molecule has 4 aromatic rings. The minimum Gasteiger partial charge on any atom is -0.497 e. The van der Waals surface area contributed by atoms with E-state index in [1.807, 2.05) is 43.4 Å². The van der Waals surface area contributed by atoms with E-state index in [2.05, 4.69) is 22.9 Å². The van der Waals surface area contributed by atoms with E-state index in [0.717, 1.165) is 38.4 Å². The highest BCUT2D eigenvalue weighted by Crippen LogP contribution is 2.35. The van der Waals surface area contributed by atoms with Crippen molar-refractivity contribution in [1.29, 1.82) is 0 Å². The average molecular weight is 474 g/mol. The topological polar surface area (TPSA) is 46.8 Å². The van der Waals surface area contributed by atoms with Crippen LogP contribution in [0.3, 0.4) is 0 Å². The van der Waals surface area contributed by atoms with Crippen LogP contribution in [0.5, 0.6) is 5.75 Å². The summed E-state index contributed by atoms with van der Waals surface area (Å²) in [6.07, 6.45) is 2.61. The zero-order valence-corrected chi connectivity index (χ0v) is 19.8. The maximum Gasteiger partial charge on any atom is 0.253 e. The highest BCUT2D eigenvalue weighted by atomic mass is 32.2. The van der Waals surface area contributed by atoms with Crippen molar-refractivity contribution in [2.45, 2.75) is 17.4 Å². The van der Waals surface area contributed by atoms with E-state index < -0.39 is 0 Å². The number of hydrogen-bond acceptors (Lipinski definition) is 4. The number of halogens is 1. The molecular weight excluding hydrogens is 449 g/mol. The van der Waals surface area contributed by atoms with Crippen LogP contribution in [0.25, 0.3) is 10.9 Å². The van der Waals surface area contributed by atoms with E-state index in [-0.39, 0.29) is 23.5 Å². The van der Waals surface area contributed by atoms with Crippen molar-refractivity contribution in [3.63, 3.8) is 0 Å². The molecule has 3 aromatic carbocycles. The first-order chi connectivity index (χ1) is 16.5. The minimum atomic E-state index is -0.303. The number of nitrogens with zero attached hydrogens (tertiary/aromatic N) is 3. The lowest BCUT2D eigenvalue weighted by Crippen LogP contribution is -2.28. The predicted molar refractivity (Wildman–Crippen MR) is 134 cm³/mol. The Balaban J connectivity index is 1.41. The summed E-state index contributed by atoms with van der Waals surface area (Å²) in [5.41, 5.74) is 3.74. The van der Waals surface area contributed by atoms with Crippen LogP contribution in [0.1, 0.15) is 23.6 Å². The fourth-order valence-corrected chi connectivity index (χ4v) is 5.24. The summed E-state index contributed by atoms with van der Waals surface area (Å²) in [7, 11) is 3.63. The van der Waals surface area contributed by atoms with Gasteiger partial charge < -0.3 is 9.30 Å². The number of hydrogen-bond donors (Lipinski definition) is 0. The standard InChI is InChI=1S/C27H24FN3O2S/c1-30-16-26(22-5-3-4-6-24(22)30)34-17-27(32)31-25(19-7-11-20(28)12-8-19)15-23(29-31)18-9-13-21(33-2)14-10-18/h3-14,16,25H,15,17H2,1-2H3. The number of carbonyl (C=O) groups is 1. The van der Waals surface area contributed by atoms with E-state index >= 15 is 0 Å². The Kier molecular flexibility index (Phi) is 6.11. The number of amides is 1.